The lowest BCUT2D eigenvalue weighted by molar-refractivity contribution is -0.123. The van der Waals surface area contributed by atoms with Crippen LogP contribution in [0.15, 0.2) is 47.4 Å². The largest absolute Gasteiger partial charge is 0.478 e. The van der Waals surface area contributed by atoms with Gasteiger partial charge in [0.1, 0.15) is 0 Å². The molecule has 5 nitrogen and oxygen atoms in total. The van der Waals surface area contributed by atoms with Gasteiger partial charge in [0.15, 0.2) is 0 Å². The summed E-state index contributed by atoms with van der Waals surface area (Å²) in [4.78, 5) is 37.3. The van der Waals surface area contributed by atoms with Crippen LogP contribution in [0.3, 0.4) is 0 Å². The highest BCUT2D eigenvalue weighted by atomic mass is 35.5. The van der Waals surface area contributed by atoms with Gasteiger partial charge in [-0.2, -0.15) is 0 Å². The molecule has 1 fully saturated rings. The van der Waals surface area contributed by atoms with Crippen LogP contribution >= 0.6 is 35.0 Å². The van der Waals surface area contributed by atoms with Crippen LogP contribution in [0.2, 0.25) is 10.0 Å². The minimum atomic E-state index is -1.10. The van der Waals surface area contributed by atoms with Gasteiger partial charge in [-0.15, -0.1) is 0 Å². The Hall–Kier alpha value is -2.28. The van der Waals surface area contributed by atoms with Gasteiger partial charge in [-0.3, -0.25) is 14.5 Å². The van der Waals surface area contributed by atoms with Crippen LogP contribution in [0.25, 0.3) is 6.08 Å². The summed E-state index contributed by atoms with van der Waals surface area (Å²) in [5.74, 6) is -1.59. The third kappa shape index (κ3) is 3.77. The summed E-state index contributed by atoms with van der Waals surface area (Å²) in [6, 6.07) is 11.1. The van der Waals surface area contributed by atoms with Gasteiger partial charge in [-0.25, -0.2) is 4.79 Å². The number of carboxylic acid groups (broad SMARTS) is 1. The molecule has 0 atom stereocenters. The van der Waals surface area contributed by atoms with Gasteiger partial charge < -0.3 is 5.11 Å². The van der Waals surface area contributed by atoms with Crippen molar-refractivity contribution in [3.05, 3.63) is 74.1 Å². The number of nitrogens with zero attached hydrogens (tertiary/aromatic N) is 1. The maximum absolute atomic E-state index is 12.6. The van der Waals surface area contributed by atoms with Gasteiger partial charge >= 0.3 is 5.97 Å². The molecule has 2 aromatic rings. The van der Waals surface area contributed by atoms with E-state index in [9.17, 15) is 19.5 Å². The molecule has 2 aromatic carbocycles. The van der Waals surface area contributed by atoms with E-state index >= 15 is 0 Å². The van der Waals surface area contributed by atoms with Crippen molar-refractivity contribution in [3.63, 3.8) is 0 Å². The minimum absolute atomic E-state index is 0.0550. The highest BCUT2D eigenvalue weighted by molar-refractivity contribution is 8.18. The molecule has 0 spiro atoms. The van der Waals surface area contributed by atoms with Gasteiger partial charge in [0.05, 0.1) is 27.1 Å². The molecule has 0 aromatic heterocycles. The van der Waals surface area contributed by atoms with Crippen LogP contribution in [0, 0.1) is 0 Å². The number of hydrogen-bond acceptors (Lipinski definition) is 4. The smallest absolute Gasteiger partial charge is 0.336 e. The molecule has 1 N–H and O–H groups in total. The number of imide groups is 1. The summed E-state index contributed by atoms with van der Waals surface area (Å²) in [6.45, 7) is 0.0550. The van der Waals surface area contributed by atoms with Crippen molar-refractivity contribution in [2.24, 2.45) is 0 Å². The van der Waals surface area contributed by atoms with E-state index in [1.165, 1.54) is 12.1 Å². The van der Waals surface area contributed by atoms with Gasteiger partial charge in [-0.05, 0) is 47.2 Å². The van der Waals surface area contributed by atoms with E-state index in [1.54, 1.807) is 36.4 Å². The zero-order valence-electron chi connectivity index (χ0n) is 13.1. The Morgan fingerprint density at radius 3 is 2.54 bits per heavy atom. The Morgan fingerprint density at radius 1 is 1.12 bits per heavy atom. The number of thioether (sulfide) groups is 1. The Balaban J connectivity index is 1.87. The molecule has 8 heteroatoms. The topological polar surface area (TPSA) is 74.7 Å². The first-order chi connectivity index (χ1) is 12.4. The predicted molar refractivity (Wildman–Crippen MR) is 101 cm³/mol. The lowest BCUT2D eigenvalue weighted by Crippen LogP contribution is -2.27. The van der Waals surface area contributed by atoms with Gasteiger partial charge in [0, 0.05) is 0 Å². The summed E-state index contributed by atoms with van der Waals surface area (Å²) in [6.07, 6.45) is 1.42. The van der Waals surface area contributed by atoms with Crippen molar-refractivity contribution in [1.29, 1.82) is 0 Å². The van der Waals surface area contributed by atoms with Crippen LogP contribution in [0.1, 0.15) is 21.5 Å². The second kappa shape index (κ2) is 7.53. The fourth-order valence-electron chi connectivity index (χ4n) is 2.42. The van der Waals surface area contributed by atoms with Crippen molar-refractivity contribution in [3.8, 4) is 0 Å². The number of carboxylic acids is 1. The monoisotopic (exact) mass is 407 g/mol. The van der Waals surface area contributed by atoms with Crippen LogP contribution in [-0.4, -0.2) is 27.1 Å². The second-order valence-electron chi connectivity index (χ2n) is 5.41. The van der Waals surface area contributed by atoms with E-state index in [4.69, 9.17) is 23.2 Å². The third-order valence-electron chi connectivity index (χ3n) is 3.68. The van der Waals surface area contributed by atoms with Crippen molar-refractivity contribution in [2.45, 2.75) is 6.54 Å². The van der Waals surface area contributed by atoms with Gasteiger partial charge in [0.25, 0.3) is 11.1 Å². The summed E-state index contributed by atoms with van der Waals surface area (Å²) in [7, 11) is 0. The molecule has 0 bridgehead atoms. The Morgan fingerprint density at radius 2 is 1.85 bits per heavy atom. The van der Waals surface area contributed by atoms with E-state index in [-0.39, 0.29) is 17.0 Å². The zero-order valence-corrected chi connectivity index (χ0v) is 15.4. The minimum Gasteiger partial charge on any atom is -0.478 e. The van der Waals surface area contributed by atoms with E-state index in [2.05, 4.69) is 0 Å². The molecule has 1 heterocycles. The first-order valence-electron chi connectivity index (χ1n) is 7.38. The average molecular weight is 408 g/mol. The molecule has 1 saturated heterocycles. The van der Waals surface area contributed by atoms with E-state index in [0.717, 1.165) is 16.7 Å². The van der Waals surface area contributed by atoms with Gasteiger partial charge in [-0.1, -0.05) is 47.5 Å². The highest BCUT2D eigenvalue weighted by Crippen LogP contribution is 2.34. The average Bonchev–Trinajstić information content (AvgIpc) is 2.86. The van der Waals surface area contributed by atoms with Gasteiger partial charge in [0.2, 0.25) is 0 Å². The molecule has 0 unspecified atom stereocenters. The summed E-state index contributed by atoms with van der Waals surface area (Å²) >= 11 is 12.6. The highest BCUT2D eigenvalue weighted by Gasteiger charge is 2.35. The zero-order chi connectivity index (χ0) is 18.8. The second-order valence-corrected chi connectivity index (χ2v) is 7.22. The lowest BCUT2D eigenvalue weighted by Gasteiger charge is -2.13. The first kappa shape index (κ1) is 18.5. The standard InChI is InChI=1S/C18H11Cl2NO4S/c19-13-6-5-10(7-14(13)20)9-21-16(22)15(26-18(21)25)8-11-3-1-2-4-12(11)17(23)24/h1-8H,9H2,(H,23,24)/b15-8-. The SMILES string of the molecule is O=C(O)c1ccccc1/C=C1\SC(=O)N(Cc2ccc(Cl)c(Cl)c2)C1=O. The fraction of sp³-hybridized carbons (Fsp3) is 0.0556. The molecular weight excluding hydrogens is 397 g/mol. The molecule has 0 radical (unpaired) electrons. The number of rotatable bonds is 4. The molecule has 2 amide bonds. The van der Waals surface area contributed by atoms with Crippen LogP contribution < -0.4 is 0 Å². The summed E-state index contributed by atoms with van der Waals surface area (Å²) in [5.41, 5.74) is 1.08. The maximum atomic E-state index is 12.6. The summed E-state index contributed by atoms with van der Waals surface area (Å²) < 4.78 is 0. The fourth-order valence-corrected chi connectivity index (χ4v) is 3.57. The number of halogens is 2. The number of aromatic carboxylic acids is 1. The third-order valence-corrected chi connectivity index (χ3v) is 5.32. The quantitative estimate of drug-likeness (QED) is 0.727. The molecule has 132 valence electrons. The van der Waals surface area contributed by atoms with E-state index in [1.807, 2.05) is 0 Å². The number of carbonyl (C=O) groups is 3. The Bertz CT molecular complexity index is 958. The van der Waals surface area contributed by atoms with Crippen LogP contribution in [0.5, 0.6) is 0 Å². The first-order valence-corrected chi connectivity index (χ1v) is 8.95. The predicted octanol–water partition coefficient (Wildman–Crippen LogP) is 4.93. The van der Waals surface area contributed by atoms with Crippen LogP contribution in [0.4, 0.5) is 4.79 Å². The molecule has 0 aliphatic carbocycles. The van der Waals surface area contributed by atoms with Crippen molar-refractivity contribution >= 4 is 58.2 Å². The lowest BCUT2D eigenvalue weighted by atomic mass is 10.1. The molecule has 1 aliphatic heterocycles. The maximum Gasteiger partial charge on any atom is 0.336 e. The van der Waals surface area contributed by atoms with Crippen molar-refractivity contribution in [1.82, 2.24) is 4.90 Å². The molecule has 3 rings (SSSR count). The number of carbonyl (C=O) groups excluding carboxylic acids is 2. The molecule has 26 heavy (non-hydrogen) atoms. The Labute approximate surface area is 163 Å². The van der Waals surface area contributed by atoms with Crippen molar-refractivity contribution in [2.75, 3.05) is 0 Å². The van der Waals surface area contributed by atoms with Crippen LogP contribution in [-0.2, 0) is 11.3 Å². The normalized spacial score (nSPS) is 15.8. The number of hydrogen-bond donors (Lipinski definition) is 1. The van der Waals surface area contributed by atoms with Crippen molar-refractivity contribution < 1.29 is 19.5 Å². The molecule has 0 saturated carbocycles. The van der Waals surface area contributed by atoms with E-state index < -0.39 is 17.1 Å². The molecular formula is C18H11Cl2NO4S. The van der Waals surface area contributed by atoms with E-state index in [0.29, 0.717) is 21.2 Å². The molecule has 1 aliphatic rings. The number of benzene rings is 2. The summed E-state index contributed by atoms with van der Waals surface area (Å²) in [5, 5.41) is 9.52. The number of amides is 2. The Kier molecular flexibility index (Phi) is 5.36.